The maximum absolute atomic E-state index is 6.11. The molecular formula is C18H27NO2. The summed E-state index contributed by atoms with van der Waals surface area (Å²) >= 11 is 0. The number of ether oxygens (including phenoxy) is 2. The van der Waals surface area contributed by atoms with E-state index >= 15 is 0 Å². The van der Waals surface area contributed by atoms with Gasteiger partial charge >= 0.3 is 0 Å². The molecule has 0 radical (unpaired) electrons. The van der Waals surface area contributed by atoms with E-state index < -0.39 is 0 Å². The molecule has 3 atom stereocenters. The fourth-order valence-corrected chi connectivity index (χ4v) is 3.60. The van der Waals surface area contributed by atoms with Gasteiger partial charge in [0.1, 0.15) is 12.4 Å². The van der Waals surface area contributed by atoms with Gasteiger partial charge in [-0.15, -0.1) is 0 Å². The fraction of sp³-hybridized carbons (Fsp3) is 0.667. The zero-order chi connectivity index (χ0) is 14.7. The molecule has 0 spiro atoms. The minimum absolute atomic E-state index is 0.268. The van der Waals surface area contributed by atoms with Crippen LogP contribution in [-0.4, -0.2) is 25.4 Å². The molecule has 1 aliphatic carbocycles. The molecule has 21 heavy (non-hydrogen) atoms. The van der Waals surface area contributed by atoms with Crippen molar-refractivity contribution < 1.29 is 9.47 Å². The van der Waals surface area contributed by atoms with Crippen LogP contribution in [0.5, 0.6) is 5.75 Å². The largest absolute Gasteiger partial charge is 0.491 e. The molecule has 0 amide bonds. The van der Waals surface area contributed by atoms with E-state index in [-0.39, 0.29) is 6.10 Å². The molecule has 0 bridgehead atoms. The van der Waals surface area contributed by atoms with Crippen molar-refractivity contribution in [3.05, 3.63) is 29.3 Å². The second kappa shape index (κ2) is 6.80. The number of rotatable bonds is 5. The molecule has 1 saturated heterocycles. The highest BCUT2D eigenvalue weighted by Crippen LogP contribution is 2.35. The molecule has 1 fully saturated rings. The lowest BCUT2D eigenvalue weighted by Crippen LogP contribution is -2.25. The predicted octanol–water partition coefficient (Wildman–Crippen LogP) is 3.62. The van der Waals surface area contributed by atoms with Crippen molar-refractivity contribution in [1.29, 1.82) is 0 Å². The van der Waals surface area contributed by atoms with Crippen molar-refractivity contribution in [1.82, 2.24) is 5.32 Å². The van der Waals surface area contributed by atoms with Crippen molar-refractivity contribution in [2.24, 2.45) is 0 Å². The minimum atomic E-state index is 0.268. The summed E-state index contributed by atoms with van der Waals surface area (Å²) in [6.45, 7) is 6.02. The third-order valence-corrected chi connectivity index (χ3v) is 4.66. The molecule has 0 saturated carbocycles. The lowest BCUT2D eigenvalue weighted by atomic mass is 9.87. The summed E-state index contributed by atoms with van der Waals surface area (Å²) < 4.78 is 12.0. The van der Waals surface area contributed by atoms with Crippen LogP contribution in [-0.2, 0) is 11.2 Å². The Kier molecular flexibility index (Phi) is 4.81. The first kappa shape index (κ1) is 14.9. The average molecular weight is 289 g/mol. The molecule has 1 heterocycles. The van der Waals surface area contributed by atoms with Crippen LogP contribution in [0.25, 0.3) is 0 Å². The summed E-state index contributed by atoms with van der Waals surface area (Å²) in [6.07, 6.45) is 6.54. The molecule has 1 aromatic carbocycles. The van der Waals surface area contributed by atoms with Crippen LogP contribution in [0.15, 0.2) is 18.2 Å². The summed E-state index contributed by atoms with van der Waals surface area (Å²) in [4.78, 5) is 0. The molecule has 2 aliphatic rings. The molecule has 3 rings (SSSR count). The van der Waals surface area contributed by atoms with Gasteiger partial charge < -0.3 is 14.8 Å². The lowest BCUT2D eigenvalue weighted by Gasteiger charge is -2.28. The van der Waals surface area contributed by atoms with Crippen molar-refractivity contribution in [3.8, 4) is 5.75 Å². The Hall–Kier alpha value is -1.06. The number of hydrogen-bond acceptors (Lipinski definition) is 3. The Morgan fingerprint density at radius 3 is 2.95 bits per heavy atom. The molecule has 3 heteroatoms. The van der Waals surface area contributed by atoms with Gasteiger partial charge in [0.2, 0.25) is 0 Å². The molecule has 3 nitrogen and oxygen atoms in total. The van der Waals surface area contributed by atoms with E-state index in [4.69, 9.17) is 9.47 Å². The van der Waals surface area contributed by atoms with Crippen molar-refractivity contribution in [2.45, 2.75) is 64.2 Å². The molecule has 1 aliphatic heterocycles. The van der Waals surface area contributed by atoms with Crippen LogP contribution < -0.4 is 10.1 Å². The molecule has 1 aromatic rings. The van der Waals surface area contributed by atoms with Gasteiger partial charge in [0.05, 0.1) is 12.2 Å². The van der Waals surface area contributed by atoms with E-state index in [1.54, 1.807) is 0 Å². The zero-order valence-electron chi connectivity index (χ0n) is 13.2. The first-order valence-electron chi connectivity index (χ1n) is 8.41. The Bertz CT molecular complexity index is 474. The van der Waals surface area contributed by atoms with Crippen LogP contribution in [0.2, 0.25) is 0 Å². The Labute approximate surface area is 128 Å². The van der Waals surface area contributed by atoms with E-state index in [0.29, 0.717) is 18.8 Å². The van der Waals surface area contributed by atoms with Gasteiger partial charge in [0.25, 0.3) is 0 Å². The topological polar surface area (TPSA) is 30.5 Å². The summed E-state index contributed by atoms with van der Waals surface area (Å²) in [5.41, 5.74) is 2.84. The Morgan fingerprint density at radius 2 is 2.19 bits per heavy atom. The summed E-state index contributed by atoms with van der Waals surface area (Å²) in [5, 5.41) is 3.59. The summed E-state index contributed by atoms with van der Waals surface area (Å²) in [5.74, 6) is 1.07. The predicted molar refractivity (Wildman–Crippen MR) is 84.9 cm³/mol. The van der Waals surface area contributed by atoms with E-state index in [1.165, 1.54) is 24.0 Å². The first-order valence-corrected chi connectivity index (χ1v) is 8.41. The number of benzene rings is 1. The van der Waals surface area contributed by atoms with Crippen molar-refractivity contribution >= 4 is 0 Å². The lowest BCUT2D eigenvalue weighted by molar-refractivity contribution is 0.0262. The summed E-state index contributed by atoms with van der Waals surface area (Å²) in [7, 11) is 0. The van der Waals surface area contributed by atoms with Gasteiger partial charge in [-0.25, -0.2) is 0 Å². The van der Waals surface area contributed by atoms with Gasteiger partial charge in [0.15, 0.2) is 0 Å². The second-order valence-corrected chi connectivity index (χ2v) is 6.28. The van der Waals surface area contributed by atoms with Gasteiger partial charge in [-0.05, 0) is 62.8 Å². The highest BCUT2D eigenvalue weighted by atomic mass is 16.5. The van der Waals surface area contributed by atoms with Gasteiger partial charge in [0, 0.05) is 6.04 Å². The van der Waals surface area contributed by atoms with Crippen LogP contribution >= 0.6 is 0 Å². The fourth-order valence-electron chi connectivity index (χ4n) is 3.60. The zero-order valence-corrected chi connectivity index (χ0v) is 13.2. The van der Waals surface area contributed by atoms with Crippen LogP contribution in [0.4, 0.5) is 0 Å². The number of hydrogen-bond donors (Lipinski definition) is 1. The van der Waals surface area contributed by atoms with Gasteiger partial charge in [-0.1, -0.05) is 19.1 Å². The molecule has 1 N–H and O–H groups in total. The molecular weight excluding hydrogens is 262 g/mol. The Balaban J connectivity index is 1.69. The van der Waals surface area contributed by atoms with E-state index in [0.717, 1.165) is 31.6 Å². The van der Waals surface area contributed by atoms with Gasteiger partial charge in [-0.3, -0.25) is 0 Å². The normalized spacial score (nSPS) is 28.4. The highest BCUT2D eigenvalue weighted by molar-refractivity contribution is 5.43. The second-order valence-electron chi connectivity index (χ2n) is 6.28. The van der Waals surface area contributed by atoms with Crippen LogP contribution in [0, 0.1) is 0 Å². The quantitative estimate of drug-likeness (QED) is 0.898. The van der Waals surface area contributed by atoms with Crippen molar-refractivity contribution in [3.63, 3.8) is 0 Å². The van der Waals surface area contributed by atoms with Gasteiger partial charge in [-0.2, -0.15) is 0 Å². The van der Waals surface area contributed by atoms with Crippen molar-refractivity contribution in [2.75, 3.05) is 13.2 Å². The number of nitrogens with one attached hydrogen (secondary N) is 1. The third kappa shape index (κ3) is 3.41. The SMILES string of the molecule is CCNC1CCCc2c(OCC3CCC(C)O3)cccc21. The standard InChI is InChI=1S/C18H27NO2/c1-3-19-17-8-4-7-16-15(17)6-5-9-18(16)20-12-14-11-10-13(2)21-14/h5-6,9,13-14,17,19H,3-4,7-8,10-12H2,1-2H3. The smallest absolute Gasteiger partial charge is 0.122 e. The number of fused-ring (bicyclic) bond motifs is 1. The molecule has 116 valence electrons. The molecule has 3 unspecified atom stereocenters. The average Bonchev–Trinajstić information content (AvgIpc) is 2.91. The van der Waals surface area contributed by atoms with E-state index in [9.17, 15) is 0 Å². The van der Waals surface area contributed by atoms with Crippen LogP contribution in [0.1, 0.15) is 56.7 Å². The monoisotopic (exact) mass is 289 g/mol. The summed E-state index contributed by atoms with van der Waals surface area (Å²) in [6, 6.07) is 6.99. The Morgan fingerprint density at radius 1 is 1.29 bits per heavy atom. The minimum Gasteiger partial charge on any atom is -0.491 e. The molecule has 0 aromatic heterocycles. The van der Waals surface area contributed by atoms with E-state index in [2.05, 4.69) is 37.4 Å². The van der Waals surface area contributed by atoms with Crippen LogP contribution in [0.3, 0.4) is 0 Å². The highest BCUT2D eigenvalue weighted by Gasteiger charge is 2.25. The first-order chi connectivity index (χ1) is 10.3. The maximum Gasteiger partial charge on any atom is 0.122 e. The third-order valence-electron chi connectivity index (χ3n) is 4.66. The van der Waals surface area contributed by atoms with E-state index in [1.807, 2.05) is 0 Å². The maximum atomic E-state index is 6.11.